The Bertz CT molecular complexity index is 415. The molecular weight excluding hydrogens is 240 g/mol. The summed E-state index contributed by atoms with van der Waals surface area (Å²) < 4.78 is 5.36. The maximum Gasteiger partial charge on any atom is 0.312 e. The fourth-order valence-electron chi connectivity index (χ4n) is 1.89. The van der Waals surface area contributed by atoms with Crippen LogP contribution in [0.5, 0.6) is 0 Å². The van der Waals surface area contributed by atoms with Crippen molar-refractivity contribution in [3.05, 3.63) is 35.4 Å². The van der Waals surface area contributed by atoms with Crippen LogP contribution in [0.3, 0.4) is 0 Å². The van der Waals surface area contributed by atoms with Crippen LogP contribution in [0.4, 0.5) is 0 Å². The van der Waals surface area contributed by atoms with Gasteiger partial charge in [0, 0.05) is 0 Å². The molecule has 0 bridgehead atoms. The van der Waals surface area contributed by atoms with E-state index in [9.17, 15) is 9.90 Å². The number of rotatable bonds is 4. The van der Waals surface area contributed by atoms with E-state index in [0.29, 0.717) is 6.42 Å². The van der Waals surface area contributed by atoms with Crippen molar-refractivity contribution < 1.29 is 14.6 Å². The molecule has 0 saturated carbocycles. The Kier molecular flexibility index (Phi) is 5.12. The molecule has 3 heteroatoms. The topological polar surface area (TPSA) is 46.5 Å². The molecule has 0 aliphatic heterocycles. The van der Waals surface area contributed by atoms with Gasteiger partial charge in [0.1, 0.15) is 5.60 Å². The van der Waals surface area contributed by atoms with Crippen molar-refractivity contribution in [2.24, 2.45) is 5.92 Å². The zero-order chi connectivity index (χ0) is 14.6. The first-order valence-electron chi connectivity index (χ1n) is 6.72. The van der Waals surface area contributed by atoms with E-state index in [1.54, 1.807) is 0 Å². The number of ether oxygens (including phenoxy) is 1. The number of carbonyl (C=O) groups excluding carboxylic acids is 1. The van der Waals surface area contributed by atoms with E-state index < -0.39 is 17.6 Å². The van der Waals surface area contributed by atoms with Crippen LogP contribution in [0.2, 0.25) is 0 Å². The number of carbonyl (C=O) groups is 1. The highest BCUT2D eigenvalue weighted by molar-refractivity contribution is 5.73. The number of aliphatic hydroxyl groups is 1. The first-order chi connectivity index (χ1) is 8.74. The predicted octanol–water partition coefficient (Wildman–Crippen LogP) is 3.40. The van der Waals surface area contributed by atoms with E-state index in [4.69, 9.17) is 4.74 Å². The Hall–Kier alpha value is -1.35. The third-order valence-electron chi connectivity index (χ3n) is 2.95. The van der Waals surface area contributed by atoms with Gasteiger partial charge in [-0.15, -0.1) is 0 Å². The van der Waals surface area contributed by atoms with Crippen LogP contribution in [-0.2, 0) is 9.53 Å². The van der Waals surface area contributed by atoms with Gasteiger partial charge in [-0.05, 0) is 39.7 Å². The van der Waals surface area contributed by atoms with E-state index in [0.717, 1.165) is 11.1 Å². The largest absolute Gasteiger partial charge is 0.460 e. The van der Waals surface area contributed by atoms with Crippen molar-refractivity contribution >= 4 is 5.97 Å². The Labute approximate surface area is 115 Å². The Morgan fingerprint density at radius 3 is 2.21 bits per heavy atom. The molecule has 0 saturated heterocycles. The smallest absolute Gasteiger partial charge is 0.312 e. The second-order valence-corrected chi connectivity index (χ2v) is 5.90. The van der Waals surface area contributed by atoms with E-state index in [2.05, 4.69) is 0 Å². The molecule has 0 heterocycles. The normalized spacial score (nSPS) is 14.8. The molecule has 19 heavy (non-hydrogen) atoms. The quantitative estimate of drug-likeness (QED) is 0.848. The maximum absolute atomic E-state index is 12.1. The number of aryl methyl sites for hydroxylation is 1. The molecule has 0 radical (unpaired) electrons. The molecule has 1 rings (SSSR count). The molecule has 0 aliphatic carbocycles. The molecule has 1 aromatic carbocycles. The molecule has 3 nitrogen and oxygen atoms in total. The van der Waals surface area contributed by atoms with E-state index >= 15 is 0 Å². The Balaban J connectivity index is 2.84. The summed E-state index contributed by atoms with van der Waals surface area (Å²) in [4.78, 5) is 12.1. The SMILES string of the molecule is CC[C@H](C(=O)OC(C)(C)C)[C@@H](O)c1ccc(C)cc1. The lowest BCUT2D eigenvalue weighted by molar-refractivity contribution is -0.164. The van der Waals surface area contributed by atoms with Crippen molar-refractivity contribution in [1.29, 1.82) is 0 Å². The van der Waals surface area contributed by atoms with Crippen LogP contribution in [0.15, 0.2) is 24.3 Å². The summed E-state index contributed by atoms with van der Waals surface area (Å²) in [5.41, 5.74) is 1.35. The molecular formula is C16H24O3. The minimum atomic E-state index is -0.819. The lowest BCUT2D eigenvalue weighted by atomic mass is 9.93. The number of hydrogen-bond donors (Lipinski definition) is 1. The summed E-state index contributed by atoms with van der Waals surface area (Å²) >= 11 is 0. The van der Waals surface area contributed by atoms with Gasteiger partial charge in [-0.3, -0.25) is 4.79 Å². The average Bonchev–Trinajstić information content (AvgIpc) is 2.28. The van der Waals surface area contributed by atoms with E-state index in [1.165, 1.54) is 0 Å². The molecule has 1 N–H and O–H groups in total. The van der Waals surface area contributed by atoms with Crippen LogP contribution in [0, 0.1) is 12.8 Å². The molecule has 1 aromatic rings. The summed E-state index contributed by atoms with van der Waals surface area (Å²) in [6, 6.07) is 7.57. The zero-order valence-corrected chi connectivity index (χ0v) is 12.4. The molecule has 0 fully saturated rings. The van der Waals surface area contributed by atoms with Gasteiger partial charge in [0.15, 0.2) is 0 Å². The Morgan fingerprint density at radius 1 is 1.26 bits per heavy atom. The van der Waals surface area contributed by atoms with Gasteiger partial charge in [-0.2, -0.15) is 0 Å². The van der Waals surface area contributed by atoms with Crippen LogP contribution in [-0.4, -0.2) is 16.7 Å². The average molecular weight is 264 g/mol. The number of benzene rings is 1. The standard InChI is InChI=1S/C16H24O3/c1-6-13(15(18)19-16(3,4)5)14(17)12-9-7-11(2)8-10-12/h7-10,13-14,17H,6H2,1-5H3/t13-,14-/m0/s1. The van der Waals surface area contributed by atoms with Gasteiger partial charge in [0.25, 0.3) is 0 Å². The van der Waals surface area contributed by atoms with Gasteiger partial charge in [-0.1, -0.05) is 36.8 Å². The van der Waals surface area contributed by atoms with Gasteiger partial charge in [-0.25, -0.2) is 0 Å². The predicted molar refractivity (Wildman–Crippen MR) is 75.8 cm³/mol. The highest BCUT2D eigenvalue weighted by Gasteiger charge is 2.30. The van der Waals surface area contributed by atoms with Crippen molar-refractivity contribution in [2.75, 3.05) is 0 Å². The fourth-order valence-corrected chi connectivity index (χ4v) is 1.89. The summed E-state index contributed by atoms with van der Waals surface area (Å²) in [7, 11) is 0. The fraction of sp³-hybridized carbons (Fsp3) is 0.562. The van der Waals surface area contributed by atoms with Gasteiger partial charge >= 0.3 is 5.97 Å². The highest BCUT2D eigenvalue weighted by atomic mass is 16.6. The molecule has 0 unspecified atom stereocenters. The Morgan fingerprint density at radius 2 is 1.79 bits per heavy atom. The molecule has 2 atom stereocenters. The summed E-state index contributed by atoms with van der Waals surface area (Å²) in [6.45, 7) is 9.36. The van der Waals surface area contributed by atoms with Crippen molar-refractivity contribution in [3.63, 3.8) is 0 Å². The second-order valence-electron chi connectivity index (χ2n) is 5.90. The van der Waals surface area contributed by atoms with Gasteiger partial charge in [0.05, 0.1) is 12.0 Å². The lowest BCUT2D eigenvalue weighted by Gasteiger charge is -2.26. The summed E-state index contributed by atoms with van der Waals surface area (Å²) in [5, 5.41) is 10.3. The minimum Gasteiger partial charge on any atom is -0.460 e. The van der Waals surface area contributed by atoms with Crippen LogP contribution in [0.1, 0.15) is 51.3 Å². The van der Waals surface area contributed by atoms with Crippen molar-refractivity contribution in [1.82, 2.24) is 0 Å². The molecule has 0 aromatic heterocycles. The number of aliphatic hydroxyl groups excluding tert-OH is 1. The first kappa shape index (κ1) is 15.7. The maximum atomic E-state index is 12.1. The molecule has 106 valence electrons. The van der Waals surface area contributed by atoms with Crippen LogP contribution in [0.25, 0.3) is 0 Å². The lowest BCUT2D eigenvalue weighted by Crippen LogP contribution is -2.31. The minimum absolute atomic E-state index is 0.344. The second kappa shape index (κ2) is 6.20. The van der Waals surface area contributed by atoms with Crippen LogP contribution < -0.4 is 0 Å². The van der Waals surface area contributed by atoms with E-state index in [1.807, 2.05) is 58.9 Å². The van der Waals surface area contributed by atoms with E-state index in [-0.39, 0.29) is 5.97 Å². The third-order valence-corrected chi connectivity index (χ3v) is 2.95. The van der Waals surface area contributed by atoms with Crippen LogP contribution >= 0.6 is 0 Å². The molecule has 0 spiro atoms. The van der Waals surface area contributed by atoms with Crippen molar-refractivity contribution in [2.45, 2.75) is 52.7 Å². The number of hydrogen-bond acceptors (Lipinski definition) is 3. The zero-order valence-electron chi connectivity index (χ0n) is 12.4. The molecule has 0 amide bonds. The highest BCUT2D eigenvalue weighted by Crippen LogP contribution is 2.27. The summed E-state index contributed by atoms with van der Waals surface area (Å²) in [5.74, 6) is -0.870. The van der Waals surface area contributed by atoms with Gasteiger partial charge < -0.3 is 9.84 Å². The number of esters is 1. The first-order valence-corrected chi connectivity index (χ1v) is 6.72. The molecule has 0 aliphatic rings. The third kappa shape index (κ3) is 4.67. The monoisotopic (exact) mass is 264 g/mol. The van der Waals surface area contributed by atoms with Crippen molar-refractivity contribution in [3.8, 4) is 0 Å². The summed E-state index contributed by atoms with van der Waals surface area (Å²) in [6.07, 6.45) is -0.273. The van der Waals surface area contributed by atoms with Gasteiger partial charge in [0.2, 0.25) is 0 Å².